The first-order chi connectivity index (χ1) is 8.48. The SMILES string of the molecule is CCC(C)(C#N)C(=O)N(C)c1ccc(OC)cc1. The summed E-state index contributed by atoms with van der Waals surface area (Å²) in [6.45, 7) is 3.50. The molecule has 1 aromatic rings. The molecule has 1 unspecified atom stereocenters. The average molecular weight is 246 g/mol. The van der Waals surface area contributed by atoms with Crippen LogP contribution >= 0.6 is 0 Å². The third kappa shape index (κ3) is 2.62. The lowest BCUT2D eigenvalue weighted by Gasteiger charge is -2.26. The number of nitrogens with zero attached hydrogens (tertiary/aromatic N) is 2. The highest BCUT2D eigenvalue weighted by molar-refractivity contribution is 5.98. The van der Waals surface area contributed by atoms with Gasteiger partial charge >= 0.3 is 0 Å². The predicted octanol–water partition coefficient (Wildman–Crippen LogP) is 2.60. The van der Waals surface area contributed by atoms with Crippen molar-refractivity contribution in [1.29, 1.82) is 5.26 Å². The summed E-state index contributed by atoms with van der Waals surface area (Å²) in [5.41, 5.74) is -0.231. The number of amides is 1. The molecule has 4 heteroatoms. The van der Waals surface area contributed by atoms with Gasteiger partial charge in [-0.25, -0.2) is 0 Å². The molecule has 0 spiro atoms. The standard InChI is InChI=1S/C14H18N2O2/c1-5-14(2,10-15)13(17)16(3)11-6-8-12(18-4)9-7-11/h6-9H,5H2,1-4H3. The van der Waals surface area contributed by atoms with Crippen LogP contribution in [0.25, 0.3) is 0 Å². The largest absolute Gasteiger partial charge is 0.497 e. The fourth-order valence-electron chi connectivity index (χ4n) is 1.57. The Morgan fingerprint density at radius 1 is 1.44 bits per heavy atom. The number of nitriles is 1. The first kappa shape index (κ1) is 14.0. The number of hydrogen-bond acceptors (Lipinski definition) is 3. The normalized spacial score (nSPS) is 13.3. The maximum absolute atomic E-state index is 12.3. The van der Waals surface area contributed by atoms with Crippen LogP contribution in [0, 0.1) is 16.7 Å². The number of rotatable bonds is 4. The van der Waals surface area contributed by atoms with Crippen LogP contribution < -0.4 is 9.64 Å². The molecule has 0 aliphatic heterocycles. The number of hydrogen-bond donors (Lipinski definition) is 0. The van der Waals surface area contributed by atoms with Gasteiger partial charge in [0.2, 0.25) is 5.91 Å². The van der Waals surface area contributed by atoms with Gasteiger partial charge in [0.15, 0.2) is 0 Å². The lowest BCUT2D eigenvalue weighted by Crippen LogP contribution is -2.39. The second kappa shape index (κ2) is 5.54. The van der Waals surface area contributed by atoms with Crippen LogP contribution in [0.5, 0.6) is 5.75 Å². The van der Waals surface area contributed by atoms with Crippen molar-refractivity contribution in [2.24, 2.45) is 5.41 Å². The molecule has 1 aromatic carbocycles. The maximum atomic E-state index is 12.3. The van der Waals surface area contributed by atoms with Gasteiger partial charge in [-0.3, -0.25) is 4.79 Å². The van der Waals surface area contributed by atoms with E-state index in [2.05, 4.69) is 6.07 Å². The molecule has 0 heterocycles. The van der Waals surface area contributed by atoms with E-state index >= 15 is 0 Å². The van der Waals surface area contributed by atoms with Crippen molar-refractivity contribution in [3.63, 3.8) is 0 Å². The Bertz CT molecular complexity index is 462. The molecular weight excluding hydrogens is 228 g/mol. The highest BCUT2D eigenvalue weighted by Gasteiger charge is 2.34. The summed E-state index contributed by atoms with van der Waals surface area (Å²) in [5, 5.41) is 9.12. The van der Waals surface area contributed by atoms with E-state index in [1.807, 2.05) is 6.92 Å². The summed E-state index contributed by atoms with van der Waals surface area (Å²) in [4.78, 5) is 13.8. The molecule has 0 bridgehead atoms. The van der Waals surface area contributed by atoms with E-state index in [0.717, 1.165) is 11.4 Å². The fraction of sp³-hybridized carbons (Fsp3) is 0.429. The highest BCUT2D eigenvalue weighted by atomic mass is 16.5. The molecule has 0 saturated carbocycles. The van der Waals surface area contributed by atoms with Crippen molar-refractivity contribution in [2.45, 2.75) is 20.3 Å². The molecule has 0 saturated heterocycles. The Hall–Kier alpha value is -2.02. The Kier molecular flexibility index (Phi) is 4.33. The van der Waals surface area contributed by atoms with Crippen LogP contribution in [0.2, 0.25) is 0 Å². The molecule has 1 rings (SSSR count). The summed E-state index contributed by atoms with van der Waals surface area (Å²) in [6.07, 6.45) is 0.489. The lowest BCUT2D eigenvalue weighted by atomic mass is 9.88. The van der Waals surface area contributed by atoms with Gasteiger partial charge in [-0.1, -0.05) is 6.92 Å². The van der Waals surface area contributed by atoms with E-state index in [9.17, 15) is 4.79 Å². The minimum atomic E-state index is -0.978. The first-order valence-corrected chi connectivity index (χ1v) is 5.82. The fourth-order valence-corrected chi connectivity index (χ4v) is 1.57. The Labute approximate surface area is 108 Å². The minimum Gasteiger partial charge on any atom is -0.497 e. The summed E-state index contributed by atoms with van der Waals surface area (Å²) >= 11 is 0. The van der Waals surface area contributed by atoms with Gasteiger partial charge in [0, 0.05) is 12.7 Å². The third-order valence-corrected chi connectivity index (χ3v) is 3.19. The van der Waals surface area contributed by atoms with E-state index in [1.54, 1.807) is 45.3 Å². The van der Waals surface area contributed by atoms with Gasteiger partial charge < -0.3 is 9.64 Å². The van der Waals surface area contributed by atoms with Gasteiger partial charge in [-0.2, -0.15) is 5.26 Å². The smallest absolute Gasteiger partial charge is 0.246 e. The molecule has 0 aromatic heterocycles. The zero-order chi connectivity index (χ0) is 13.8. The van der Waals surface area contributed by atoms with E-state index < -0.39 is 5.41 Å². The van der Waals surface area contributed by atoms with E-state index in [-0.39, 0.29) is 5.91 Å². The average Bonchev–Trinajstić information content (AvgIpc) is 2.44. The molecular formula is C14H18N2O2. The van der Waals surface area contributed by atoms with Gasteiger partial charge in [0.05, 0.1) is 13.2 Å². The van der Waals surface area contributed by atoms with Crippen molar-refractivity contribution < 1.29 is 9.53 Å². The van der Waals surface area contributed by atoms with Crippen molar-refractivity contribution in [1.82, 2.24) is 0 Å². The molecule has 0 radical (unpaired) electrons. The van der Waals surface area contributed by atoms with Gasteiger partial charge in [-0.05, 0) is 37.6 Å². The monoisotopic (exact) mass is 246 g/mol. The molecule has 96 valence electrons. The number of carbonyl (C=O) groups is 1. The van der Waals surface area contributed by atoms with E-state index in [4.69, 9.17) is 10.00 Å². The van der Waals surface area contributed by atoms with Crippen LogP contribution in [0.1, 0.15) is 20.3 Å². The maximum Gasteiger partial charge on any atom is 0.246 e. The van der Waals surface area contributed by atoms with Crippen LogP contribution in [0.3, 0.4) is 0 Å². The molecule has 18 heavy (non-hydrogen) atoms. The number of carbonyl (C=O) groups excluding carboxylic acids is 1. The molecule has 0 N–H and O–H groups in total. The van der Waals surface area contributed by atoms with Crippen molar-refractivity contribution in [2.75, 3.05) is 19.1 Å². The second-order valence-electron chi connectivity index (χ2n) is 4.36. The predicted molar refractivity (Wildman–Crippen MR) is 70.4 cm³/mol. The molecule has 0 fully saturated rings. The quantitative estimate of drug-likeness (QED) is 0.820. The second-order valence-corrected chi connectivity index (χ2v) is 4.36. The Morgan fingerprint density at radius 3 is 2.39 bits per heavy atom. The number of benzene rings is 1. The molecule has 1 atom stereocenters. The van der Waals surface area contributed by atoms with Crippen LogP contribution in [-0.4, -0.2) is 20.1 Å². The number of ether oxygens (including phenoxy) is 1. The summed E-state index contributed by atoms with van der Waals surface area (Å²) in [6, 6.07) is 9.25. The van der Waals surface area contributed by atoms with Gasteiger partial charge in [0.25, 0.3) is 0 Å². The zero-order valence-corrected chi connectivity index (χ0v) is 11.2. The summed E-state index contributed by atoms with van der Waals surface area (Å²) in [7, 11) is 3.27. The van der Waals surface area contributed by atoms with Crippen molar-refractivity contribution in [3.8, 4) is 11.8 Å². The minimum absolute atomic E-state index is 0.197. The van der Waals surface area contributed by atoms with Crippen molar-refractivity contribution >= 4 is 11.6 Å². The summed E-state index contributed by atoms with van der Waals surface area (Å²) < 4.78 is 5.06. The highest BCUT2D eigenvalue weighted by Crippen LogP contribution is 2.26. The van der Waals surface area contributed by atoms with E-state index in [0.29, 0.717) is 6.42 Å². The molecule has 1 amide bonds. The topological polar surface area (TPSA) is 53.3 Å². The summed E-state index contributed by atoms with van der Waals surface area (Å²) in [5.74, 6) is 0.538. The van der Waals surface area contributed by atoms with Crippen LogP contribution in [0.4, 0.5) is 5.69 Å². The zero-order valence-electron chi connectivity index (χ0n) is 11.2. The van der Waals surface area contributed by atoms with Crippen molar-refractivity contribution in [3.05, 3.63) is 24.3 Å². The molecule has 0 aliphatic carbocycles. The Morgan fingerprint density at radius 2 is 2.00 bits per heavy atom. The Balaban J connectivity index is 2.96. The lowest BCUT2D eigenvalue weighted by molar-refractivity contribution is -0.124. The van der Waals surface area contributed by atoms with Gasteiger partial charge in [-0.15, -0.1) is 0 Å². The third-order valence-electron chi connectivity index (χ3n) is 3.19. The van der Waals surface area contributed by atoms with Crippen LogP contribution in [0.15, 0.2) is 24.3 Å². The first-order valence-electron chi connectivity index (χ1n) is 5.82. The number of anilines is 1. The van der Waals surface area contributed by atoms with Gasteiger partial charge in [0.1, 0.15) is 11.2 Å². The van der Waals surface area contributed by atoms with E-state index in [1.165, 1.54) is 4.90 Å². The number of methoxy groups -OCH3 is 1. The molecule has 4 nitrogen and oxygen atoms in total. The molecule has 0 aliphatic rings. The van der Waals surface area contributed by atoms with Crippen LogP contribution in [-0.2, 0) is 4.79 Å².